The number of hydrogen-bond donors (Lipinski definition) is 1. The normalized spacial score (nSPS) is 18.3. The van der Waals surface area contributed by atoms with Crippen molar-refractivity contribution in [2.24, 2.45) is 5.92 Å². The van der Waals surface area contributed by atoms with Crippen molar-refractivity contribution in [1.82, 2.24) is 19.7 Å². The number of anilines is 1. The number of H-pyrrole nitrogens is 1. The summed E-state index contributed by atoms with van der Waals surface area (Å²) in [4.78, 5) is 33.5. The maximum Gasteiger partial charge on any atom is 0.263 e. The van der Waals surface area contributed by atoms with Gasteiger partial charge in [0, 0.05) is 25.4 Å². The van der Waals surface area contributed by atoms with Crippen LogP contribution in [-0.2, 0) is 4.79 Å². The molecule has 0 saturated carbocycles. The molecule has 122 valence electrons. The van der Waals surface area contributed by atoms with Crippen molar-refractivity contribution < 1.29 is 4.79 Å². The molecule has 1 aliphatic rings. The van der Waals surface area contributed by atoms with Crippen molar-refractivity contribution in [2.75, 3.05) is 18.0 Å². The number of ketones is 1. The minimum atomic E-state index is -0.221. The zero-order valence-corrected chi connectivity index (χ0v) is 13.3. The Labute approximate surface area is 137 Å². The third-order valence-corrected chi connectivity index (χ3v) is 4.40. The Morgan fingerprint density at radius 1 is 1.21 bits per heavy atom. The van der Waals surface area contributed by atoms with Crippen molar-refractivity contribution in [3.63, 3.8) is 0 Å². The molecule has 7 nitrogen and oxygen atoms in total. The molecule has 0 radical (unpaired) electrons. The molecule has 0 bridgehead atoms. The topological polar surface area (TPSA) is 83.9 Å². The molecule has 0 spiro atoms. The first-order chi connectivity index (χ1) is 11.6. The van der Waals surface area contributed by atoms with Crippen LogP contribution in [0.1, 0.15) is 13.3 Å². The van der Waals surface area contributed by atoms with Crippen LogP contribution >= 0.6 is 0 Å². The first-order valence-corrected chi connectivity index (χ1v) is 7.94. The minimum absolute atomic E-state index is 0.0567. The van der Waals surface area contributed by atoms with Crippen molar-refractivity contribution in [3.8, 4) is 5.69 Å². The Hall–Kier alpha value is -2.96. The fourth-order valence-corrected chi connectivity index (χ4v) is 3.02. The Balaban J connectivity index is 1.81. The number of nitrogens with zero attached hydrogens (tertiary/aromatic N) is 4. The van der Waals surface area contributed by atoms with Gasteiger partial charge in [-0.3, -0.25) is 14.6 Å². The van der Waals surface area contributed by atoms with Gasteiger partial charge >= 0.3 is 0 Å². The third kappa shape index (κ3) is 2.38. The van der Waals surface area contributed by atoms with E-state index in [1.165, 1.54) is 6.20 Å². The van der Waals surface area contributed by atoms with E-state index >= 15 is 0 Å². The van der Waals surface area contributed by atoms with Gasteiger partial charge in [-0.1, -0.05) is 25.1 Å². The number of carbonyl (C=O) groups excluding carboxylic acids is 1. The standard InChI is InChI=1S/C17H17N5O2/c1-11-10-21(8-7-14(11)23)17-19-15-13(16(24)20-17)9-18-22(15)12-5-3-2-4-6-12/h2-6,9,11H,7-8,10H2,1H3,(H,19,20,24). The van der Waals surface area contributed by atoms with Gasteiger partial charge in [-0.2, -0.15) is 10.1 Å². The molecule has 1 fully saturated rings. The van der Waals surface area contributed by atoms with Crippen LogP contribution in [-0.4, -0.2) is 38.6 Å². The second-order valence-corrected chi connectivity index (χ2v) is 6.08. The molecule has 1 N–H and O–H groups in total. The molecule has 1 atom stereocenters. The van der Waals surface area contributed by atoms with Gasteiger partial charge in [0.15, 0.2) is 5.65 Å². The van der Waals surface area contributed by atoms with Crippen LogP contribution in [0.2, 0.25) is 0 Å². The molecule has 0 aliphatic carbocycles. The highest BCUT2D eigenvalue weighted by Crippen LogP contribution is 2.20. The number of hydrogen-bond acceptors (Lipinski definition) is 5. The Morgan fingerprint density at radius 2 is 2.00 bits per heavy atom. The Bertz CT molecular complexity index is 960. The number of rotatable bonds is 2. The number of aromatic nitrogens is 4. The van der Waals surface area contributed by atoms with E-state index in [1.54, 1.807) is 4.68 Å². The van der Waals surface area contributed by atoms with Crippen LogP contribution in [0.4, 0.5) is 5.95 Å². The zero-order chi connectivity index (χ0) is 16.7. The molecule has 2 aromatic heterocycles. The van der Waals surface area contributed by atoms with Gasteiger partial charge in [-0.05, 0) is 12.1 Å². The summed E-state index contributed by atoms with van der Waals surface area (Å²) in [6.07, 6.45) is 2.00. The van der Waals surface area contributed by atoms with Crippen LogP contribution in [0.3, 0.4) is 0 Å². The summed E-state index contributed by atoms with van der Waals surface area (Å²) >= 11 is 0. The molecule has 1 saturated heterocycles. The Morgan fingerprint density at radius 3 is 2.75 bits per heavy atom. The van der Waals surface area contributed by atoms with E-state index in [2.05, 4.69) is 15.1 Å². The molecule has 1 aromatic carbocycles. The predicted octanol–water partition coefficient (Wildman–Crippen LogP) is 1.52. The molecule has 1 unspecified atom stereocenters. The minimum Gasteiger partial charge on any atom is -0.341 e. The molecular weight excluding hydrogens is 306 g/mol. The average molecular weight is 323 g/mol. The van der Waals surface area contributed by atoms with E-state index in [0.29, 0.717) is 36.5 Å². The number of piperidine rings is 1. The lowest BCUT2D eigenvalue weighted by atomic mass is 9.99. The second kappa shape index (κ2) is 5.59. The van der Waals surface area contributed by atoms with Gasteiger partial charge in [0.2, 0.25) is 5.95 Å². The van der Waals surface area contributed by atoms with E-state index in [-0.39, 0.29) is 17.3 Å². The molecule has 4 rings (SSSR count). The fraction of sp³-hybridized carbons (Fsp3) is 0.294. The highest BCUT2D eigenvalue weighted by atomic mass is 16.1. The van der Waals surface area contributed by atoms with Crippen LogP contribution < -0.4 is 10.5 Å². The lowest BCUT2D eigenvalue weighted by Gasteiger charge is -2.30. The van der Waals surface area contributed by atoms with Crippen LogP contribution in [0, 0.1) is 5.92 Å². The number of fused-ring (bicyclic) bond motifs is 1. The van der Waals surface area contributed by atoms with E-state index in [9.17, 15) is 9.59 Å². The molecular formula is C17H17N5O2. The maximum absolute atomic E-state index is 12.4. The van der Waals surface area contributed by atoms with Gasteiger partial charge in [0.25, 0.3) is 5.56 Å². The first kappa shape index (κ1) is 14.6. The molecule has 7 heteroatoms. The van der Waals surface area contributed by atoms with Gasteiger partial charge in [0.05, 0.1) is 11.9 Å². The van der Waals surface area contributed by atoms with Gasteiger partial charge < -0.3 is 4.90 Å². The number of Topliss-reactive ketones (excluding diaryl/α,β-unsaturated/α-hetero) is 1. The van der Waals surface area contributed by atoms with Crippen molar-refractivity contribution in [1.29, 1.82) is 0 Å². The molecule has 3 heterocycles. The number of nitrogens with one attached hydrogen (secondary N) is 1. The Kier molecular flexibility index (Phi) is 3.41. The average Bonchev–Trinajstić information content (AvgIpc) is 3.02. The number of carbonyl (C=O) groups is 1. The van der Waals surface area contributed by atoms with Crippen LogP contribution in [0.15, 0.2) is 41.3 Å². The van der Waals surface area contributed by atoms with Gasteiger partial charge in [-0.25, -0.2) is 4.68 Å². The molecule has 24 heavy (non-hydrogen) atoms. The summed E-state index contributed by atoms with van der Waals surface area (Å²) < 4.78 is 1.66. The first-order valence-electron chi connectivity index (χ1n) is 7.94. The van der Waals surface area contributed by atoms with E-state index in [0.717, 1.165) is 5.69 Å². The van der Waals surface area contributed by atoms with Crippen LogP contribution in [0.5, 0.6) is 0 Å². The lowest BCUT2D eigenvalue weighted by Crippen LogP contribution is -2.41. The second-order valence-electron chi connectivity index (χ2n) is 6.08. The quantitative estimate of drug-likeness (QED) is 0.773. The molecule has 1 aliphatic heterocycles. The SMILES string of the molecule is CC1CN(c2nc3c(cnn3-c3ccccc3)c(=O)[nH]2)CCC1=O. The third-order valence-electron chi connectivity index (χ3n) is 4.40. The lowest BCUT2D eigenvalue weighted by molar-refractivity contribution is -0.122. The molecule has 3 aromatic rings. The zero-order valence-electron chi connectivity index (χ0n) is 13.3. The summed E-state index contributed by atoms with van der Waals surface area (Å²) in [6, 6.07) is 9.57. The predicted molar refractivity (Wildman–Crippen MR) is 90.5 cm³/mol. The van der Waals surface area contributed by atoms with Gasteiger partial charge in [0.1, 0.15) is 11.2 Å². The number of benzene rings is 1. The summed E-state index contributed by atoms with van der Waals surface area (Å²) in [7, 11) is 0. The maximum atomic E-state index is 12.4. The van der Waals surface area contributed by atoms with E-state index in [1.807, 2.05) is 42.2 Å². The summed E-state index contributed by atoms with van der Waals surface area (Å²) in [6.45, 7) is 3.03. The summed E-state index contributed by atoms with van der Waals surface area (Å²) in [5.74, 6) is 0.687. The smallest absolute Gasteiger partial charge is 0.263 e. The molecule has 0 amide bonds. The monoisotopic (exact) mass is 323 g/mol. The number of para-hydroxylation sites is 1. The van der Waals surface area contributed by atoms with E-state index < -0.39 is 0 Å². The van der Waals surface area contributed by atoms with Gasteiger partial charge in [-0.15, -0.1) is 0 Å². The number of aromatic amines is 1. The van der Waals surface area contributed by atoms with Crippen molar-refractivity contribution in [3.05, 3.63) is 46.9 Å². The summed E-state index contributed by atoms with van der Waals surface area (Å²) in [5.41, 5.74) is 1.14. The summed E-state index contributed by atoms with van der Waals surface area (Å²) in [5, 5.41) is 4.75. The van der Waals surface area contributed by atoms with Crippen LogP contribution in [0.25, 0.3) is 16.7 Å². The van der Waals surface area contributed by atoms with Crippen molar-refractivity contribution >= 4 is 22.8 Å². The highest BCUT2D eigenvalue weighted by molar-refractivity contribution is 5.83. The fourth-order valence-electron chi connectivity index (χ4n) is 3.02. The highest BCUT2D eigenvalue weighted by Gasteiger charge is 2.25. The van der Waals surface area contributed by atoms with Crippen molar-refractivity contribution in [2.45, 2.75) is 13.3 Å². The van der Waals surface area contributed by atoms with E-state index in [4.69, 9.17) is 0 Å². The largest absolute Gasteiger partial charge is 0.341 e.